The second-order valence-electron chi connectivity index (χ2n) is 7.31. The first kappa shape index (κ1) is 20.0. The first-order chi connectivity index (χ1) is 12.6. The van der Waals surface area contributed by atoms with Gasteiger partial charge >= 0.3 is 6.18 Å². The number of carbonyl (C=O) groups excluding carboxylic acids is 2. The van der Waals surface area contributed by atoms with Crippen molar-refractivity contribution in [1.29, 1.82) is 0 Å². The summed E-state index contributed by atoms with van der Waals surface area (Å²) in [6.07, 6.45) is -3.05. The van der Waals surface area contributed by atoms with Crippen LogP contribution in [0.15, 0.2) is 24.3 Å². The molecule has 0 radical (unpaired) electrons. The van der Waals surface area contributed by atoms with Crippen LogP contribution in [-0.4, -0.2) is 51.9 Å². The highest BCUT2D eigenvalue weighted by Crippen LogP contribution is 2.44. The van der Waals surface area contributed by atoms with Gasteiger partial charge in [0, 0.05) is 36.9 Å². The molecule has 1 aromatic rings. The van der Waals surface area contributed by atoms with Gasteiger partial charge in [-0.05, 0) is 37.1 Å². The molecule has 1 aromatic carbocycles. The Morgan fingerprint density at radius 3 is 2.19 bits per heavy atom. The summed E-state index contributed by atoms with van der Waals surface area (Å²) in [6.45, 7) is 5.50. The van der Waals surface area contributed by atoms with E-state index in [1.165, 1.54) is 12.1 Å². The van der Waals surface area contributed by atoms with E-state index < -0.39 is 11.7 Å². The Hall–Kier alpha value is -1.70. The minimum Gasteiger partial charge on any atom is -0.338 e. The van der Waals surface area contributed by atoms with Gasteiger partial charge in [-0.3, -0.25) is 9.59 Å². The number of benzene rings is 1. The van der Waals surface area contributed by atoms with Crippen LogP contribution in [0.4, 0.5) is 13.2 Å². The first-order valence-electron chi connectivity index (χ1n) is 9.06. The number of hydrogen-bond donors (Lipinski definition) is 0. The molecule has 1 spiro atoms. The molecule has 148 valence electrons. The van der Waals surface area contributed by atoms with Gasteiger partial charge in [-0.2, -0.15) is 13.2 Å². The third kappa shape index (κ3) is 3.95. The zero-order valence-electron chi connectivity index (χ0n) is 15.4. The number of amides is 2. The highest BCUT2D eigenvalue weighted by molar-refractivity contribution is 8.00. The van der Waals surface area contributed by atoms with Gasteiger partial charge in [0.1, 0.15) is 0 Å². The van der Waals surface area contributed by atoms with Crippen molar-refractivity contribution in [3.05, 3.63) is 35.4 Å². The van der Waals surface area contributed by atoms with E-state index in [2.05, 4.69) is 0 Å². The molecule has 2 aliphatic rings. The van der Waals surface area contributed by atoms with Crippen molar-refractivity contribution in [2.24, 2.45) is 5.92 Å². The standard InChI is InChI=1S/C19H23F3N2O2S/c1-13(2)16(25)24-11-12-27-18(24)7-9-23(10-8-18)17(26)14-3-5-15(6-4-14)19(20,21)22/h3-6,13H,7-12H2,1-2H3. The summed E-state index contributed by atoms with van der Waals surface area (Å²) in [7, 11) is 0. The molecule has 0 aromatic heterocycles. The van der Waals surface area contributed by atoms with Crippen LogP contribution in [0.25, 0.3) is 0 Å². The van der Waals surface area contributed by atoms with Gasteiger partial charge in [0.15, 0.2) is 0 Å². The molecular formula is C19H23F3N2O2S. The fourth-order valence-electron chi connectivity index (χ4n) is 3.69. The second kappa shape index (κ2) is 7.37. The Labute approximate surface area is 161 Å². The van der Waals surface area contributed by atoms with E-state index in [9.17, 15) is 22.8 Å². The fourth-order valence-corrected chi connectivity index (χ4v) is 5.15. The number of thioether (sulfide) groups is 1. The van der Waals surface area contributed by atoms with Gasteiger partial charge in [-0.15, -0.1) is 11.8 Å². The summed E-state index contributed by atoms with van der Waals surface area (Å²) in [5.74, 6) is 0.712. The molecule has 0 saturated carbocycles. The lowest BCUT2D eigenvalue weighted by molar-refractivity contribution is -0.138. The van der Waals surface area contributed by atoms with E-state index in [0.29, 0.717) is 25.9 Å². The van der Waals surface area contributed by atoms with Gasteiger partial charge in [0.2, 0.25) is 5.91 Å². The van der Waals surface area contributed by atoms with Crippen molar-refractivity contribution in [2.75, 3.05) is 25.4 Å². The number of carbonyl (C=O) groups is 2. The molecule has 2 aliphatic heterocycles. The molecular weight excluding hydrogens is 377 g/mol. The molecule has 0 unspecified atom stereocenters. The lowest BCUT2D eigenvalue weighted by atomic mass is 9.99. The molecule has 0 atom stereocenters. The van der Waals surface area contributed by atoms with Crippen molar-refractivity contribution in [3.8, 4) is 0 Å². The van der Waals surface area contributed by atoms with Crippen molar-refractivity contribution in [3.63, 3.8) is 0 Å². The minimum absolute atomic E-state index is 0.0626. The number of nitrogens with zero attached hydrogens (tertiary/aromatic N) is 2. The zero-order valence-corrected chi connectivity index (χ0v) is 16.2. The van der Waals surface area contributed by atoms with E-state index in [4.69, 9.17) is 0 Å². The number of piperidine rings is 1. The Morgan fingerprint density at radius 2 is 1.67 bits per heavy atom. The Kier molecular flexibility index (Phi) is 5.47. The van der Waals surface area contributed by atoms with Crippen molar-refractivity contribution < 1.29 is 22.8 Å². The molecule has 2 saturated heterocycles. The Morgan fingerprint density at radius 1 is 1.07 bits per heavy atom. The number of halogens is 3. The van der Waals surface area contributed by atoms with Crippen LogP contribution >= 0.6 is 11.8 Å². The Bertz CT molecular complexity index is 711. The quantitative estimate of drug-likeness (QED) is 0.757. The van der Waals surface area contributed by atoms with Gasteiger partial charge < -0.3 is 9.80 Å². The van der Waals surface area contributed by atoms with Crippen LogP contribution in [0.5, 0.6) is 0 Å². The van der Waals surface area contributed by atoms with Crippen LogP contribution in [0.1, 0.15) is 42.6 Å². The summed E-state index contributed by atoms with van der Waals surface area (Å²) in [6, 6.07) is 4.34. The highest BCUT2D eigenvalue weighted by Gasteiger charge is 2.47. The summed E-state index contributed by atoms with van der Waals surface area (Å²) in [5.41, 5.74) is -0.505. The predicted molar refractivity (Wildman–Crippen MR) is 98.3 cm³/mol. The monoisotopic (exact) mass is 400 g/mol. The third-order valence-electron chi connectivity index (χ3n) is 5.23. The van der Waals surface area contributed by atoms with Crippen LogP contribution in [0.3, 0.4) is 0 Å². The van der Waals surface area contributed by atoms with Crippen molar-refractivity contribution >= 4 is 23.6 Å². The highest BCUT2D eigenvalue weighted by atomic mass is 32.2. The predicted octanol–water partition coefficient (Wildman–Crippen LogP) is 3.87. The lowest BCUT2D eigenvalue weighted by Crippen LogP contribution is -2.54. The molecule has 0 bridgehead atoms. The van der Waals surface area contributed by atoms with Gasteiger partial charge in [-0.1, -0.05) is 13.8 Å². The van der Waals surface area contributed by atoms with E-state index in [-0.39, 0.29) is 28.2 Å². The van der Waals surface area contributed by atoms with E-state index >= 15 is 0 Å². The molecule has 2 fully saturated rings. The molecule has 2 heterocycles. The summed E-state index contributed by atoms with van der Waals surface area (Å²) in [4.78, 5) is 28.5. The summed E-state index contributed by atoms with van der Waals surface area (Å²) >= 11 is 1.78. The van der Waals surface area contributed by atoms with Crippen LogP contribution in [0, 0.1) is 5.92 Å². The topological polar surface area (TPSA) is 40.6 Å². The van der Waals surface area contributed by atoms with Crippen LogP contribution < -0.4 is 0 Å². The maximum Gasteiger partial charge on any atom is 0.416 e. The first-order valence-corrected chi connectivity index (χ1v) is 10.0. The summed E-state index contributed by atoms with van der Waals surface area (Å²) < 4.78 is 38.0. The number of rotatable bonds is 2. The second-order valence-corrected chi connectivity index (χ2v) is 8.76. The molecule has 4 nitrogen and oxygen atoms in total. The Balaban J connectivity index is 1.67. The van der Waals surface area contributed by atoms with Gasteiger partial charge in [0.25, 0.3) is 5.91 Å². The molecule has 0 N–H and O–H groups in total. The lowest BCUT2D eigenvalue weighted by Gasteiger charge is -2.44. The smallest absolute Gasteiger partial charge is 0.338 e. The normalized spacial score (nSPS) is 19.8. The zero-order chi connectivity index (χ0) is 19.8. The van der Waals surface area contributed by atoms with Gasteiger partial charge in [0.05, 0.1) is 10.4 Å². The molecule has 3 rings (SSSR count). The molecule has 27 heavy (non-hydrogen) atoms. The van der Waals surface area contributed by atoms with Crippen LogP contribution in [-0.2, 0) is 11.0 Å². The average Bonchev–Trinajstić information content (AvgIpc) is 3.03. The molecule has 2 amide bonds. The fraction of sp³-hybridized carbons (Fsp3) is 0.579. The van der Waals surface area contributed by atoms with Gasteiger partial charge in [-0.25, -0.2) is 0 Å². The maximum absolute atomic E-state index is 12.7. The molecule has 8 heteroatoms. The average molecular weight is 400 g/mol. The maximum atomic E-state index is 12.7. The van der Waals surface area contributed by atoms with Crippen LogP contribution in [0.2, 0.25) is 0 Å². The SMILES string of the molecule is CC(C)C(=O)N1CCSC12CCN(C(=O)c1ccc(C(F)(F)F)cc1)CC2. The molecule has 0 aliphatic carbocycles. The number of alkyl halides is 3. The number of hydrogen-bond acceptors (Lipinski definition) is 3. The summed E-state index contributed by atoms with van der Waals surface area (Å²) in [5, 5.41) is 0. The van der Waals surface area contributed by atoms with Crippen molar-refractivity contribution in [1.82, 2.24) is 9.80 Å². The van der Waals surface area contributed by atoms with E-state index in [1.807, 2.05) is 18.7 Å². The van der Waals surface area contributed by atoms with Crippen molar-refractivity contribution in [2.45, 2.75) is 37.7 Å². The third-order valence-corrected chi connectivity index (χ3v) is 6.78. The largest absolute Gasteiger partial charge is 0.416 e. The van der Waals surface area contributed by atoms with E-state index in [0.717, 1.165) is 24.4 Å². The minimum atomic E-state index is -4.41. The van der Waals surface area contributed by atoms with E-state index in [1.54, 1.807) is 16.7 Å². The number of likely N-dealkylation sites (tertiary alicyclic amines) is 1.